The average molecular weight is 416 g/mol. The zero-order valence-electron chi connectivity index (χ0n) is 16.0. The first-order valence-corrected chi connectivity index (χ1v) is 10.8. The lowest BCUT2D eigenvalue weighted by molar-refractivity contribution is 0.299. The van der Waals surface area contributed by atoms with E-state index in [0.29, 0.717) is 41.7 Å². The van der Waals surface area contributed by atoms with Gasteiger partial charge in [0, 0.05) is 18.7 Å². The van der Waals surface area contributed by atoms with Crippen molar-refractivity contribution in [2.75, 3.05) is 13.1 Å². The predicted octanol–water partition coefficient (Wildman–Crippen LogP) is 4.15. The van der Waals surface area contributed by atoms with Crippen molar-refractivity contribution in [1.29, 1.82) is 0 Å². The van der Waals surface area contributed by atoms with E-state index in [0.717, 1.165) is 12.8 Å². The molecule has 0 N–H and O–H groups in total. The molecule has 1 fully saturated rings. The molecule has 4 rings (SSSR count). The first-order chi connectivity index (χ1) is 13.9. The quantitative estimate of drug-likeness (QED) is 0.604. The van der Waals surface area contributed by atoms with Crippen LogP contribution in [0.2, 0.25) is 0 Å². The van der Waals surface area contributed by atoms with Crippen LogP contribution in [-0.2, 0) is 16.6 Å². The highest BCUT2D eigenvalue weighted by atomic mass is 32.2. The van der Waals surface area contributed by atoms with Crippen LogP contribution in [0.1, 0.15) is 24.3 Å². The highest BCUT2D eigenvalue weighted by molar-refractivity contribution is 7.89. The Labute approximate surface area is 169 Å². The van der Waals surface area contributed by atoms with Gasteiger partial charge in [-0.05, 0) is 68.3 Å². The van der Waals surface area contributed by atoms with Crippen LogP contribution in [0.15, 0.2) is 57.8 Å². The average Bonchev–Trinajstić information content (AvgIpc) is 3.38. The summed E-state index contributed by atoms with van der Waals surface area (Å²) in [4.78, 5) is 4.68. The zero-order chi connectivity index (χ0) is 20.4. The molecule has 1 aliphatic heterocycles. The van der Waals surface area contributed by atoms with Crippen molar-refractivity contribution in [3.8, 4) is 17.2 Å². The molecule has 0 amide bonds. The Morgan fingerprint density at radius 1 is 1.07 bits per heavy atom. The second-order valence-electron chi connectivity index (χ2n) is 6.90. The van der Waals surface area contributed by atoms with Gasteiger partial charge >= 0.3 is 0 Å². The second kappa shape index (κ2) is 7.96. The number of aromatic nitrogens is 1. The normalized spacial score (nSPS) is 15.0. The fourth-order valence-corrected chi connectivity index (χ4v) is 4.73. The summed E-state index contributed by atoms with van der Waals surface area (Å²) in [6, 6.07) is 12.3. The molecule has 0 saturated carbocycles. The first kappa shape index (κ1) is 19.6. The number of benzene rings is 2. The van der Waals surface area contributed by atoms with Gasteiger partial charge in [-0.3, -0.25) is 0 Å². The lowest BCUT2D eigenvalue weighted by atomic mass is 10.2. The van der Waals surface area contributed by atoms with Gasteiger partial charge in [-0.1, -0.05) is 0 Å². The van der Waals surface area contributed by atoms with Gasteiger partial charge in [0.25, 0.3) is 0 Å². The third-order valence-electron chi connectivity index (χ3n) is 4.89. The topological polar surface area (TPSA) is 72.6 Å². The SMILES string of the molecule is Cc1oc(-c2ccc(F)cc2)nc1COc1ccc(S(=O)(=O)N2CCCC2)cc1. The molecule has 2 aromatic carbocycles. The summed E-state index contributed by atoms with van der Waals surface area (Å²) >= 11 is 0. The number of oxazole rings is 1. The third kappa shape index (κ3) is 4.18. The highest BCUT2D eigenvalue weighted by Gasteiger charge is 2.27. The number of sulfonamides is 1. The van der Waals surface area contributed by atoms with E-state index in [4.69, 9.17) is 9.15 Å². The number of hydrogen-bond acceptors (Lipinski definition) is 5. The molecule has 1 aliphatic rings. The van der Waals surface area contributed by atoms with Crippen LogP contribution in [0.4, 0.5) is 4.39 Å². The van der Waals surface area contributed by atoms with Crippen LogP contribution in [0.25, 0.3) is 11.5 Å². The van der Waals surface area contributed by atoms with Gasteiger partial charge in [0.1, 0.15) is 29.6 Å². The van der Waals surface area contributed by atoms with Crippen LogP contribution in [0.3, 0.4) is 0 Å². The van der Waals surface area contributed by atoms with E-state index in [9.17, 15) is 12.8 Å². The number of aryl methyl sites for hydroxylation is 1. The molecule has 0 aliphatic carbocycles. The highest BCUT2D eigenvalue weighted by Crippen LogP contribution is 2.25. The van der Waals surface area contributed by atoms with Gasteiger partial charge in [0.2, 0.25) is 15.9 Å². The van der Waals surface area contributed by atoms with E-state index in [1.807, 2.05) is 0 Å². The van der Waals surface area contributed by atoms with E-state index in [2.05, 4.69) is 4.98 Å². The summed E-state index contributed by atoms with van der Waals surface area (Å²) in [5.74, 6) is 1.22. The van der Waals surface area contributed by atoms with Crippen molar-refractivity contribution in [1.82, 2.24) is 9.29 Å². The van der Waals surface area contributed by atoms with Crippen molar-refractivity contribution < 1.29 is 22.0 Å². The van der Waals surface area contributed by atoms with Gasteiger partial charge in [0.15, 0.2) is 0 Å². The van der Waals surface area contributed by atoms with Crippen molar-refractivity contribution in [2.24, 2.45) is 0 Å². The number of hydrogen-bond donors (Lipinski definition) is 0. The van der Waals surface area contributed by atoms with E-state index < -0.39 is 10.0 Å². The van der Waals surface area contributed by atoms with Crippen LogP contribution in [0, 0.1) is 12.7 Å². The number of rotatable bonds is 6. The fourth-order valence-electron chi connectivity index (χ4n) is 3.21. The monoisotopic (exact) mass is 416 g/mol. The van der Waals surface area contributed by atoms with Crippen LogP contribution < -0.4 is 4.74 Å². The Morgan fingerprint density at radius 3 is 2.38 bits per heavy atom. The Morgan fingerprint density at radius 2 is 1.72 bits per heavy atom. The molecular weight excluding hydrogens is 395 g/mol. The Hall–Kier alpha value is -2.71. The van der Waals surface area contributed by atoms with Crippen LogP contribution in [-0.4, -0.2) is 30.8 Å². The van der Waals surface area contributed by atoms with Crippen LogP contribution in [0.5, 0.6) is 5.75 Å². The van der Waals surface area contributed by atoms with Gasteiger partial charge in [-0.2, -0.15) is 4.31 Å². The Kier molecular flexibility index (Phi) is 5.38. The van der Waals surface area contributed by atoms with Gasteiger partial charge < -0.3 is 9.15 Å². The van der Waals surface area contributed by atoms with E-state index in [1.54, 1.807) is 43.3 Å². The molecular formula is C21H21FN2O4S. The van der Waals surface area contributed by atoms with Gasteiger partial charge in [0.05, 0.1) is 4.90 Å². The molecule has 8 heteroatoms. The lowest BCUT2D eigenvalue weighted by Gasteiger charge is -2.15. The number of ether oxygens (including phenoxy) is 1. The van der Waals surface area contributed by atoms with E-state index in [-0.39, 0.29) is 17.3 Å². The zero-order valence-corrected chi connectivity index (χ0v) is 16.8. The molecule has 3 aromatic rings. The summed E-state index contributed by atoms with van der Waals surface area (Å²) in [5.41, 5.74) is 1.30. The molecule has 152 valence electrons. The summed E-state index contributed by atoms with van der Waals surface area (Å²) in [6.45, 7) is 3.10. The first-order valence-electron chi connectivity index (χ1n) is 9.39. The number of halogens is 1. The molecule has 1 saturated heterocycles. The summed E-state index contributed by atoms with van der Waals surface area (Å²) in [7, 11) is -3.44. The summed E-state index contributed by atoms with van der Waals surface area (Å²) in [5, 5.41) is 0. The van der Waals surface area contributed by atoms with Gasteiger partial charge in [-0.15, -0.1) is 0 Å². The second-order valence-corrected chi connectivity index (χ2v) is 8.84. The van der Waals surface area contributed by atoms with Gasteiger partial charge in [-0.25, -0.2) is 17.8 Å². The third-order valence-corrected chi connectivity index (χ3v) is 6.80. The van der Waals surface area contributed by atoms with E-state index in [1.165, 1.54) is 16.4 Å². The number of nitrogens with zero attached hydrogens (tertiary/aromatic N) is 2. The molecule has 6 nitrogen and oxygen atoms in total. The Balaban J connectivity index is 1.43. The maximum absolute atomic E-state index is 13.1. The van der Waals surface area contributed by atoms with Crippen molar-refractivity contribution >= 4 is 10.0 Å². The minimum atomic E-state index is -3.44. The minimum absolute atomic E-state index is 0.175. The molecule has 0 unspecified atom stereocenters. The molecule has 0 bridgehead atoms. The molecule has 29 heavy (non-hydrogen) atoms. The largest absolute Gasteiger partial charge is 0.487 e. The standard InChI is InChI=1S/C21H21FN2O4S/c1-15-20(23-21(28-15)16-4-6-17(22)7-5-16)14-27-18-8-10-19(11-9-18)29(25,26)24-12-2-3-13-24/h4-11H,2-3,12-14H2,1H3. The molecule has 1 aromatic heterocycles. The molecule has 0 atom stereocenters. The Bertz CT molecular complexity index is 1090. The molecule has 0 spiro atoms. The smallest absolute Gasteiger partial charge is 0.243 e. The summed E-state index contributed by atoms with van der Waals surface area (Å²) in [6.07, 6.45) is 1.80. The fraction of sp³-hybridized carbons (Fsp3) is 0.286. The lowest BCUT2D eigenvalue weighted by Crippen LogP contribution is -2.27. The maximum Gasteiger partial charge on any atom is 0.243 e. The minimum Gasteiger partial charge on any atom is -0.487 e. The molecule has 2 heterocycles. The van der Waals surface area contributed by atoms with Crippen molar-refractivity contribution in [2.45, 2.75) is 31.3 Å². The van der Waals surface area contributed by atoms with E-state index >= 15 is 0 Å². The van der Waals surface area contributed by atoms with Crippen molar-refractivity contribution in [3.63, 3.8) is 0 Å². The predicted molar refractivity (Wildman–Crippen MR) is 105 cm³/mol. The van der Waals surface area contributed by atoms with Crippen LogP contribution >= 0.6 is 0 Å². The molecule has 0 radical (unpaired) electrons. The maximum atomic E-state index is 13.1. The summed E-state index contributed by atoms with van der Waals surface area (Å²) < 4.78 is 51.1. The van der Waals surface area contributed by atoms with Crippen molar-refractivity contribution in [3.05, 3.63) is 65.8 Å².